The molecule has 1 heterocycles. The van der Waals surface area contributed by atoms with Crippen LogP contribution in [0.2, 0.25) is 0 Å². The fourth-order valence-electron chi connectivity index (χ4n) is 1.67. The zero-order valence-electron chi connectivity index (χ0n) is 14.3. The molecule has 1 aromatic rings. The quantitative estimate of drug-likeness (QED) is 0.690. The minimum Gasteiger partial charge on any atom is -0.461 e. The zero-order valence-corrected chi connectivity index (χ0v) is 14.3. The van der Waals surface area contributed by atoms with Gasteiger partial charge in [-0.15, -0.1) is 0 Å². The Bertz CT molecular complexity index is 453. The highest BCUT2D eigenvalue weighted by Gasteiger charge is 2.31. The van der Waals surface area contributed by atoms with Crippen LogP contribution in [0.3, 0.4) is 0 Å². The summed E-state index contributed by atoms with van der Waals surface area (Å²) in [5.74, 6) is 0. The van der Waals surface area contributed by atoms with Gasteiger partial charge in [0.15, 0.2) is 0 Å². The van der Waals surface area contributed by atoms with Gasteiger partial charge in [0.05, 0.1) is 6.10 Å². The first-order valence-electron chi connectivity index (χ1n) is 7.58. The van der Waals surface area contributed by atoms with Gasteiger partial charge in [0.1, 0.15) is 0 Å². The number of rotatable bonds is 8. The van der Waals surface area contributed by atoms with Crippen molar-refractivity contribution in [3.8, 4) is 6.01 Å². The molecule has 0 amide bonds. The number of aryl methyl sites for hydroxylation is 1. The van der Waals surface area contributed by atoms with E-state index in [-0.39, 0.29) is 11.7 Å². The third-order valence-electron chi connectivity index (χ3n) is 3.19. The minimum absolute atomic E-state index is 0.0493. The Morgan fingerprint density at radius 2 is 1.95 bits per heavy atom. The van der Waals surface area contributed by atoms with Crippen LogP contribution in [0.4, 0.5) is 0 Å². The molecular formula is C15H27BN2O3. The first kappa shape index (κ1) is 17.9. The van der Waals surface area contributed by atoms with Gasteiger partial charge in [-0.1, -0.05) is 6.92 Å². The monoisotopic (exact) mass is 294 g/mol. The summed E-state index contributed by atoms with van der Waals surface area (Å²) >= 11 is 0. The Labute approximate surface area is 128 Å². The molecule has 0 saturated heterocycles. The fourth-order valence-corrected chi connectivity index (χ4v) is 1.67. The molecule has 21 heavy (non-hydrogen) atoms. The second-order valence-electron chi connectivity index (χ2n) is 5.88. The van der Waals surface area contributed by atoms with Crippen LogP contribution >= 0.6 is 0 Å². The van der Waals surface area contributed by atoms with E-state index in [1.54, 1.807) is 6.20 Å². The van der Waals surface area contributed by atoms with Crippen molar-refractivity contribution in [3.05, 3.63) is 11.9 Å². The van der Waals surface area contributed by atoms with Gasteiger partial charge >= 0.3 is 13.1 Å². The van der Waals surface area contributed by atoms with E-state index < -0.39 is 7.12 Å². The summed E-state index contributed by atoms with van der Waals surface area (Å²) in [4.78, 5) is 8.62. The number of nitrogens with zero attached hydrogens (tertiary/aromatic N) is 2. The average Bonchev–Trinajstić information content (AvgIpc) is 2.37. The average molecular weight is 294 g/mol. The Balaban J connectivity index is 2.97. The standard InChI is InChI=1S/C15H27BN2O3/c1-8-15(6,7)21-16(19-9-2)13-10-17-14(18-12(13)5)20-11(3)4/h10-11H,8-9H2,1-7H3. The lowest BCUT2D eigenvalue weighted by atomic mass is 9.77. The maximum Gasteiger partial charge on any atom is 0.497 e. The van der Waals surface area contributed by atoms with Crippen LogP contribution in [-0.2, 0) is 9.31 Å². The predicted octanol–water partition coefficient (Wildman–Crippen LogP) is 2.51. The van der Waals surface area contributed by atoms with Crippen molar-refractivity contribution in [2.45, 2.75) is 66.6 Å². The van der Waals surface area contributed by atoms with Crippen LogP contribution < -0.4 is 10.2 Å². The molecule has 0 atom stereocenters. The molecular weight excluding hydrogens is 267 g/mol. The molecule has 5 nitrogen and oxygen atoms in total. The molecule has 0 unspecified atom stereocenters. The molecule has 0 aliphatic rings. The van der Waals surface area contributed by atoms with Crippen molar-refractivity contribution in [1.29, 1.82) is 0 Å². The smallest absolute Gasteiger partial charge is 0.461 e. The lowest BCUT2D eigenvalue weighted by molar-refractivity contribution is 0.0705. The van der Waals surface area contributed by atoms with Crippen molar-refractivity contribution < 1.29 is 14.0 Å². The fraction of sp³-hybridized carbons (Fsp3) is 0.733. The van der Waals surface area contributed by atoms with Crippen molar-refractivity contribution in [3.63, 3.8) is 0 Å². The van der Waals surface area contributed by atoms with E-state index in [9.17, 15) is 0 Å². The highest BCUT2D eigenvalue weighted by Crippen LogP contribution is 2.16. The number of hydrogen-bond donors (Lipinski definition) is 0. The summed E-state index contributed by atoms with van der Waals surface area (Å²) < 4.78 is 17.3. The summed E-state index contributed by atoms with van der Waals surface area (Å²) in [5.41, 5.74) is 1.39. The van der Waals surface area contributed by atoms with E-state index in [0.29, 0.717) is 12.6 Å². The van der Waals surface area contributed by atoms with Gasteiger partial charge in [-0.05, 0) is 48.0 Å². The second kappa shape index (κ2) is 7.75. The molecule has 6 heteroatoms. The summed E-state index contributed by atoms with van der Waals surface area (Å²) in [6.45, 7) is 14.5. The van der Waals surface area contributed by atoms with Gasteiger partial charge in [0, 0.05) is 29.6 Å². The molecule has 0 radical (unpaired) electrons. The maximum atomic E-state index is 6.07. The molecule has 1 aromatic heterocycles. The highest BCUT2D eigenvalue weighted by atomic mass is 16.6. The minimum atomic E-state index is -0.460. The lowest BCUT2D eigenvalue weighted by Crippen LogP contribution is -2.45. The molecule has 0 bridgehead atoms. The molecule has 0 aliphatic carbocycles. The van der Waals surface area contributed by atoms with E-state index in [1.807, 2.05) is 41.5 Å². The molecule has 0 fully saturated rings. The third kappa shape index (κ3) is 5.63. The normalized spacial score (nSPS) is 11.8. The van der Waals surface area contributed by atoms with Gasteiger partial charge in [0.25, 0.3) is 0 Å². The van der Waals surface area contributed by atoms with Gasteiger partial charge in [-0.25, -0.2) is 9.97 Å². The van der Waals surface area contributed by atoms with Crippen LogP contribution in [0.25, 0.3) is 0 Å². The molecule has 118 valence electrons. The Hall–Kier alpha value is -1.14. The van der Waals surface area contributed by atoms with E-state index >= 15 is 0 Å². The molecule has 0 N–H and O–H groups in total. The maximum absolute atomic E-state index is 6.07. The third-order valence-corrected chi connectivity index (χ3v) is 3.19. The van der Waals surface area contributed by atoms with Crippen LogP contribution in [-0.4, -0.2) is 35.4 Å². The van der Waals surface area contributed by atoms with E-state index in [4.69, 9.17) is 14.0 Å². The summed E-state index contributed by atoms with van der Waals surface area (Å²) in [6.07, 6.45) is 2.67. The predicted molar refractivity (Wildman–Crippen MR) is 85.0 cm³/mol. The van der Waals surface area contributed by atoms with Crippen molar-refractivity contribution in [2.75, 3.05) is 6.61 Å². The van der Waals surface area contributed by atoms with Gasteiger partial charge < -0.3 is 14.0 Å². The Kier molecular flexibility index (Phi) is 6.62. The second-order valence-corrected chi connectivity index (χ2v) is 5.88. The summed E-state index contributed by atoms with van der Waals surface area (Å²) in [6, 6.07) is 0.385. The van der Waals surface area contributed by atoms with E-state index in [0.717, 1.165) is 17.6 Å². The van der Waals surface area contributed by atoms with Gasteiger partial charge in [-0.2, -0.15) is 0 Å². The number of ether oxygens (including phenoxy) is 1. The highest BCUT2D eigenvalue weighted by molar-refractivity contribution is 6.61. The van der Waals surface area contributed by atoms with Crippen LogP contribution in [0.1, 0.15) is 53.7 Å². The van der Waals surface area contributed by atoms with Crippen molar-refractivity contribution >= 4 is 12.6 Å². The molecule has 0 saturated carbocycles. The number of hydrogen-bond acceptors (Lipinski definition) is 5. The Morgan fingerprint density at radius 3 is 2.43 bits per heavy atom. The van der Waals surface area contributed by atoms with Crippen LogP contribution in [0.5, 0.6) is 6.01 Å². The molecule has 1 rings (SSSR count). The Morgan fingerprint density at radius 1 is 1.29 bits per heavy atom. The van der Waals surface area contributed by atoms with E-state index in [2.05, 4.69) is 16.9 Å². The largest absolute Gasteiger partial charge is 0.497 e. The summed E-state index contributed by atoms with van der Waals surface area (Å²) in [7, 11) is -0.460. The van der Waals surface area contributed by atoms with Gasteiger partial charge in [0.2, 0.25) is 0 Å². The van der Waals surface area contributed by atoms with Crippen LogP contribution in [0.15, 0.2) is 6.20 Å². The topological polar surface area (TPSA) is 53.5 Å². The molecule has 0 aliphatic heterocycles. The number of aromatic nitrogens is 2. The first-order chi connectivity index (χ1) is 9.79. The lowest BCUT2D eigenvalue weighted by Gasteiger charge is -2.28. The first-order valence-corrected chi connectivity index (χ1v) is 7.58. The van der Waals surface area contributed by atoms with Crippen LogP contribution in [0, 0.1) is 6.92 Å². The van der Waals surface area contributed by atoms with E-state index in [1.165, 1.54) is 0 Å². The van der Waals surface area contributed by atoms with Crippen molar-refractivity contribution in [2.24, 2.45) is 0 Å². The molecule has 0 spiro atoms. The van der Waals surface area contributed by atoms with Crippen molar-refractivity contribution in [1.82, 2.24) is 9.97 Å². The van der Waals surface area contributed by atoms with Gasteiger partial charge in [-0.3, -0.25) is 0 Å². The molecule has 0 aromatic carbocycles. The zero-order chi connectivity index (χ0) is 16.0. The summed E-state index contributed by atoms with van der Waals surface area (Å²) in [5, 5.41) is 0. The SMILES string of the molecule is CCOB(OC(C)(C)CC)c1cnc(OC(C)C)nc1C.